The summed E-state index contributed by atoms with van der Waals surface area (Å²) < 4.78 is 27.3. The zero-order valence-corrected chi connectivity index (χ0v) is 32.9. The molecule has 19 nitrogen and oxygen atoms in total. The standard InChI is InChI=1S/C43H37N5O14/c1-58-34-14-6-26(22-39(44)42(50)61-32-18-10-29(11-19-32)47(54)55)37(24-34)36(4-3-5-41(49)60-31-16-8-28(9-17-31)46(52)53)38-25-35(59-2)15-7-27(38)23-40(45)43(51)62-33-20-12-30(13-21-33)48(56)57/h3-21,24-25,39-40H,22-23,44-45H2,1-2H3/b5-3+,36-4?. The highest BCUT2D eigenvalue weighted by atomic mass is 16.6. The van der Waals surface area contributed by atoms with Crippen LogP contribution in [0.3, 0.4) is 0 Å². The molecule has 0 amide bonds. The molecule has 0 saturated carbocycles. The lowest BCUT2D eigenvalue weighted by Crippen LogP contribution is -2.36. The van der Waals surface area contributed by atoms with Crippen LogP contribution in [0.5, 0.6) is 28.7 Å². The van der Waals surface area contributed by atoms with Crippen molar-refractivity contribution in [2.75, 3.05) is 14.2 Å². The maximum absolute atomic E-state index is 13.2. The van der Waals surface area contributed by atoms with E-state index in [0.29, 0.717) is 39.3 Å². The molecule has 0 aliphatic heterocycles. The van der Waals surface area contributed by atoms with Gasteiger partial charge in [0.2, 0.25) is 0 Å². The van der Waals surface area contributed by atoms with Gasteiger partial charge in [0.1, 0.15) is 40.8 Å². The third-order valence-electron chi connectivity index (χ3n) is 8.99. The molecule has 2 unspecified atom stereocenters. The van der Waals surface area contributed by atoms with Crippen LogP contribution in [0.15, 0.2) is 127 Å². The number of carbonyl (C=O) groups excluding carboxylic acids is 3. The van der Waals surface area contributed by atoms with Gasteiger partial charge in [-0.15, -0.1) is 0 Å². The van der Waals surface area contributed by atoms with E-state index >= 15 is 0 Å². The van der Waals surface area contributed by atoms with Gasteiger partial charge >= 0.3 is 17.9 Å². The van der Waals surface area contributed by atoms with Crippen molar-refractivity contribution in [1.29, 1.82) is 0 Å². The lowest BCUT2D eigenvalue weighted by atomic mass is 9.86. The summed E-state index contributed by atoms with van der Waals surface area (Å²) in [6, 6.07) is 22.0. The van der Waals surface area contributed by atoms with Gasteiger partial charge in [0, 0.05) is 42.5 Å². The van der Waals surface area contributed by atoms with E-state index < -0.39 is 44.8 Å². The molecule has 0 aromatic heterocycles. The van der Waals surface area contributed by atoms with Gasteiger partial charge in [-0.05, 0) is 101 Å². The van der Waals surface area contributed by atoms with Gasteiger partial charge in [0.05, 0.1) is 29.0 Å². The van der Waals surface area contributed by atoms with Crippen LogP contribution in [0.4, 0.5) is 17.1 Å². The third kappa shape index (κ3) is 11.9. The number of nitro benzene ring substituents is 3. The van der Waals surface area contributed by atoms with E-state index in [0.717, 1.165) is 6.08 Å². The van der Waals surface area contributed by atoms with E-state index in [4.69, 9.17) is 35.2 Å². The monoisotopic (exact) mass is 847 g/mol. The minimum absolute atomic E-state index is 0.0294. The number of hydrogen-bond donors (Lipinski definition) is 2. The van der Waals surface area contributed by atoms with Crippen LogP contribution in [0, 0.1) is 30.3 Å². The Hall–Kier alpha value is -8.29. The molecule has 0 saturated heterocycles. The van der Waals surface area contributed by atoms with Gasteiger partial charge < -0.3 is 35.2 Å². The number of rotatable bonds is 18. The van der Waals surface area contributed by atoms with Crippen molar-refractivity contribution in [2.45, 2.75) is 24.9 Å². The molecule has 19 heteroatoms. The van der Waals surface area contributed by atoms with E-state index in [2.05, 4.69) is 0 Å². The largest absolute Gasteiger partial charge is 0.497 e. The molecular formula is C43H37N5O14. The first-order valence-corrected chi connectivity index (χ1v) is 18.3. The maximum Gasteiger partial charge on any atom is 0.336 e. The first-order chi connectivity index (χ1) is 29.6. The van der Waals surface area contributed by atoms with Crippen molar-refractivity contribution in [3.05, 3.63) is 180 Å². The van der Waals surface area contributed by atoms with E-state index in [9.17, 15) is 44.7 Å². The number of non-ortho nitro benzene ring substituents is 3. The Balaban J connectivity index is 1.53. The quantitative estimate of drug-likeness (QED) is 0.0256. The van der Waals surface area contributed by atoms with Crippen LogP contribution in [0.1, 0.15) is 22.3 Å². The van der Waals surface area contributed by atoms with E-state index in [1.807, 2.05) is 0 Å². The van der Waals surface area contributed by atoms with E-state index in [1.54, 1.807) is 42.5 Å². The smallest absolute Gasteiger partial charge is 0.336 e. The van der Waals surface area contributed by atoms with Crippen molar-refractivity contribution < 1.29 is 52.8 Å². The second-order valence-electron chi connectivity index (χ2n) is 13.1. The van der Waals surface area contributed by atoms with E-state index in [1.165, 1.54) is 93.1 Å². The highest BCUT2D eigenvalue weighted by Gasteiger charge is 2.24. The highest BCUT2D eigenvalue weighted by Crippen LogP contribution is 2.35. The Morgan fingerprint density at radius 1 is 0.548 bits per heavy atom. The second kappa shape index (κ2) is 20.6. The zero-order valence-electron chi connectivity index (χ0n) is 32.9. The molecule has 2 atom stereocenters. The zero-order chi connectivity index (χ0) is 44.9. The number of benzene rings is 5. The predicted molar refractivity (Wildman–Crippen MR) is 222 cm³/mol. The van der Waals surface area contributed by atoms with E-state index in [-0.39, 0.29) is 47.2 Å². The van der Waals surface area contributed by atoms with Crippen molar-refractivity contribution in [3.8, 4) is 28.7 Å². The fourth-order valence-electron chi connectivity index (χ4n) is 5.85. The van der Waals surface area contributed by atoms with Crippen LogP contribution in [0.25, 0.3) is 5.57 Å². The minimum Gasteiger partial charge on any atom is -0.497 e. The predicted octanol–water partition coefficient (Wildman–Crippen LogP) is 5.97. The van der Waals surface area contributed by atoms with Gasteiger partial charge in [0.25, 0.3) is 17.1 Å². The fraction of sp³-hybridized carbons (Fsp3) is 0.140. The van der Waals surface area contributed by atoms with Crippen LogP contribution in [-0.2, 0) is 27.2 Å². The summed E-state index contributed by atoms with van der Waals surface area (Å²) in [6.07, 6.45) is 3.79. The first kappa shape index (κ1) is 44.8. The van der Waals surface area contributed by atoms with Crippen LogP contribution in [0.2, 0.25) is 0 Å². The molecule has 0 spiro atoms. The second-order valence-corrected chi connectivity index (χ2v) is 13.1. The molecule has 318 valence electrons. The molecule has 62 heavy (non-hydrogen) atoms. The number of ether oxygens (including phenoxy) is 5. The summed E-state index contributed by atoms with van der Waals surface area (Å²) in [5.74, 6) is -1.66. The molecular weight excluding hydrogens is 810 g/mol. The van der Waals surface area contributed by atoms with Crippen molar-refractivity contribution in [2.24, 2.45) is 11.5 Å². The summed E-state index contributed by atoms with van der Waals surface area (Å²) in [7, 11) is 2.88. The summed E-state index contributed by atoms with van der Waals surface area (Å²) in [6.45, 7) is 0. The Kier molecular flexibility index (Phi) is 14.9. The number of nitro groups is 3. The van der Waals surface area contributed by atoms with Crippen molar-refractivity contribution in [1.82, 2.24) is 0 Å². The lowest BCUT2D eigenvalue weighted by Gasteiger charge is -2.21. The van der Waals surface area contributed by atoms with Crippen molar-refractivity contribution in [3.63, 3.8) is 0 Å². The van der Waals surface area contributed by atoms with Crippen LogP contribution < -0.4 is 35.2 Å². The number of esters is 3. The molecule has 0 heterocycles. The third-order valence-corrected chi connectivity index (χ3v) is 8.99. The number of carbonyl (C=O) groups is 3. The summed E-state index contributed by atoms with van der Waals surface area (Å²) in [4.78, 5) is 70.9. The fourth-order valence-corrected chi connectivity index (χ4v) is 5.85. The minimum atomic E-state index is -1.27. The Bertz CT molecular complexity index is 2410. The highest BCUT2D eigenvalue weighted by molar-refractivity contribution is 5.89. The van der Waals surface area contributed by atoms with Crippen LogP contribution in [-0.4, -0.2) is 59.0 Å². The summed E-state index contributed by atoms with van der Waals surface area (Å²) >= 11 is 0. The molecule has 0 fully saturated rings. The molecule has 5 rings (SSSR count). The van der Waals surface area contributed by atoms with Crippen LogP contribution >= 0.6 is 0 Å². The van der Waals surface area contributed by atoms with Gasteiger partial charge in [-0.1, -0.05) is 24.3 Å². The van der Waals surface area contributed by atoms with Crippen molar-refractivity contribution >= 4 is 40.5 Å². The maximum atomic E-state index is 13.2. The summed E-state index contributed by atoms with van der Waals surface area (Å²) in [5.41, 5.74) is 14.4. The molecule has 0 bridgehead atoms. The number of nitrogens with two attached hydrogens (primary N) is 2. The molecule has 0 aliphatic carbocycles. The Morgan fingerprint density at radius 3 is 1.23 bits per heavy atom. The molecule has 5 aromatic rings. The molecule has 0 aliphatic rings. The van der Waals surface area contributed by atoms with Gasteiger partial charge in [-0.3, -0.25) is 30.3 Å². The average Bonchev–Trinajstić information content (AvgIpc) is 3.26. The Labute approximate surface area is 352 Å². The Morgan fingerprint density at radius 2 is 0.887 bits per heavy atom. The number of methoxy groups -OCH3 is 2. The molecule has 5 aromatic carbocycles. The average molecular weight is 848 g/mol. The number of hydrogen-bond acceptors (Lipinski definition) is 16. The van der Waals surface area contributed by atoms with Gasteiger partial charge in [0.15, 0.2) is 0 Å². The summed E-state index contributed by atoms with van der Waals surface area (Å²) in [5, 5.41) is 33.2. The topological polar surface area (TPSA) is 279 Å². The first-order valence-electron chi connectivity index (χ1n) is 18.3. The number of allylic oxidation sites excluding steroid dienone is 2. The molecule has 0 radical (unpaired) electrons. The van der Waals surface area contributed by atoms with Gasteiger partial charge in [-0.2, -0.15) is 0 Å². The van der Waals surface area contributed by atoms with Gasteiger partial charge in [-0.25, -0.2) is 14.4 Å². The SMILES string of the molecule is COc1ccc(CC(N)C(=O)Oc2ccc([N+](=O)[O-])cc2)c(C(=C/C=C/C(=O)Oc2ccc([N+](=O)[O-])cc2)c2cc(OC)ccc2CC(N)C(=O)Oc2ccc([N+](=O)[O-])cc2)c1. The number of nitrogens with zero attached hydrogens (tertiary/aromatic N) is 3. The molecule has 4 N–H and O–H groups in total. The lowest BCUT2D eigenvalue weighted by molar-refractivity contribution is -0.385. The normalized spacial score (nSPS) is 11.7.